The highest BCUT2D eigenvalue weighted by Crippen LogP contribution is 2.16. The lowest BCUT2D eigenvalue weighted by molar-refractivity contribution is -0.887. The smallest absolute Gasteiger partial charge is 0.362 e. The van der Waals surface area contributed by atoms with Gasteiger partial charge in [-0.05, 0) is 44.9 Å². The second-order valence-electron chi connectivity index (χ2n) is 18.1. The number of hydrogen-bond acceptors (Lipinski definition) is 6. The molecule has 1 N–H and O–H groups in total. The number of nitrogens with zero attached hydrogens (tertiary/aromatic N) is 1. The van der Waals surface area contributed by atoms with Crippen LogP contribution < -0.4 is 0 Å². The van der Waals surface area contributed by atoms with Gasteiger partial charge in [-0.15, -0.1) is 0 Å². The number of carbonyl (C=O) groups excluding carboxylic acids is 2. The molecule has 0 saturated carbocycles. The van der Waals surface area contributed by atoms with Crippen LogP contribution >= 0.6 is 0 Å². The number of rotatable bonds is 45. The van der Waals surface area contributed by atoms with E-state index in [9.17, 15) is 19.5 Å². The lowest BCUT2D eigenvalue weighted by atomic mass is 10.0. The monoisotopic (exact) mass is 847 g/mol. The Hall–Kier alpha value is -2.45. The molecule has 0 aliphatic rings. The van der Waals surface area contributed by atoms with Crippen molar-refractivity contribution in [2.75, 3.05) is 41.0 Å². The first kappa shape index (κ1) is 57.5. The fourth-order valence-electron chi connectivity index (χ4n) is 7.40. The zero-order chi connectivity index (χ0) is 44.2. The summed E-state index contributed by atoms with van der Waals surface area (Å²) in [7, 11) is 5.52. The highest BCUT2D eigenvalue weighted by Gasteiger charge is 2.31. The number of carbonyl (C=O) groups is 3. The molecular weight excluding hydrogens is 751 g/mol. The molecule has 0 heterocycles. The van der Waals surface area contributed by atoms with Crippen LogP contribution in [-0.4, -0.2) is 80.6 Å². The van der Waals surface area contributed by atoms with E-state index in [1.165, 1.54) is 148 Å². The van der Waals surface area contributed by atoms with Crippen LogP contribution in [0.25, 0.3) is 0 Å². The van der Waals surface area contributed by atoms with Crippen molar-refractivity contribution in [3.63, 3.8) is 0 Å². The summed E-state index contributed by atoms with van der Waals surface area (Å²) in [4.78, 5) is 37.1. The van der Waals surface area contributed by atoms with Gasteiger partial charge in [0.25, 0.3) is 0 Å². The average molecular weight is 847 g/mol. The van der Waals surface area contributed by atoms with E-state index >= 15 is 0 Å². The van der Waals surface area contributed by atoms with Gasteiger partial charge in [0, 0.05) is 19.3 Å². The lowest BCUT2D eigenvalue weighted by Crippen LogP contribution is -2.50. The molecule has 2 unspecified atom stereocenters. The van der Waals surface area contributed by atoms with Gasteiger partial charge in [-0.2, -0.15) is 0 Å². The van der Waals surface area contributed by atoms with Crippen molar-refractivity contribution >= 4 is 17.9 Å². The normalized spacial score (nSPS) is 13.2. The van der Waals surface area contributed by atoms with Crippen molar-refractivity contribution in [1.29, 1.82) is 0 Å². The number of hydrogen-bond donors (Lipinski definition) is 1. The van der Waals surface area contributed by atoms with Crippen LogP contribution in [0, 0.1) is 0 Å². The highest BCUT2D eigenvalue weighted by atomic mass is 16.6. The van der Waals surface area contributed by atoms with Crippen LogP contribution in [0.5, 0.6) is 0 Å². The molecule has 0 radical (unpaired) electrons. The SMILES string of the molecule is CCCCCCCC/C=C/C/C=C/C/C=C/CCCC(=O)OC(COCCC(C(=O)O)[N+](C)(C)C)COC(=O)CCCCCCCCCCCCCCCCCCCCC. The van der Waals surface area contributed by atoms with E-state index in [0.717, 1.165) is 38.5 Å². The first-order chi connectivity index (χ1) is 29.1. The van der Waals surface area contributed by atoms with E-state index in [-0.39, 0.29) is 42.7 Å². The Morgan fingerprint density at radius 1 is 0.500 bits per heavy atom. The number of ether oxygens (including phenoxy) is 3. The van der Waals surface area contributed by atoms with Gasteiger partial charge in [-0.25, -0.2) is 4.79 Å². The van der Waals surface area contributed by atoms with Gasteiger partial charge in [-0.3, -0.25) is 9.59 Å². The molecular formula is C52H96NO7+. The predicted molar refractivity (Wildman–Crippen MR) is 252 cm³/mol. The minimum atomic E-state index is -0.880. The molecule has 0 rings (SSSR count). The summed E-state index contributed by atoms with van der Waals surface area (Å²) in [5.41, 5.74) is 0. The summed E-state index contributed by atoms with van der Waals surface area (Å²) in [6.45, 7) is 4.71. The standard InChI is InChI=1S/C52H95NO7/c1-6-8-10-12-14-16-18-20-22-24-25-27-28-30-32-34-36-38-40-42-50(54)59-47-48(46-58-45-44-49(52(56)57)53(3,4)5)60-51(55)43-41-39-37-35-33-31-29-26-23-21-19-17-15-13-11-9-7-2/h21,23,29,31,35,37,48-49H,6-20,22,24-28,30,32-34,36,38-47H2,1-5H3/p+1/b23-21+,31-29+,37-35+. The maximum atomic E-state index is 12.7. The third-order valence-corrected chi connectivity index (χ3v) is 11.3. The van der Waals surface area contributed by atoms with Gasteiger partial charge in [0.1, 0.15) is 6.61 Å². The molecule has 0 aliphatic heterocycles. The Balaban J connectivity index is 4.31. The fraction of sp³-hybridized carbons (Fsp3) is 0.827. The Morgan fingerprint density at radius 2 is 0.900 bits per heavy atom. The molecule has 350 valence electrons. The Kier molecular flexibility index (Phi) is 41.4. The van der Waals surface area contributed by atoms with E-state index < -0.39 is 18.1 Å². The minimum absolute atomic E-state index is 0.0439. The molecule has 0 amide bonds. The molecule has 0 fully saturated rings. The molecule has 0 aromatic rings. The van der Waals surface area contributed by atoms with Gasteiger partial charge >= 0.3 is 17.9 Å². The number of quaternary nitrogens is 1. The maximum Gasteiger partial charge on any atom is 0.362 e. The van der Waals surface area contributed by atoms with Crippen LogP contribution in [0.2, 0.25) is 0 Å². The third-order valence-electron chi connectivity index (χ3n) is 11.3. The van der Waals surface area contributed by atoms with E-state index in [2.05, 4.69) is 50.3 Å². The number of carboxylic acid groups (broad SMARTS) is 1. The van der Waals surface area contributed by atoms with Crippen LogP contribution in [-0.2, 0) is 28.6 Å². The zero-order valence-electron chi connectivity index (χ0n) is 39.9. The Bertz CT molecular complexity index is 1080. The number of aliphatic carboxylic acids is 1. The second kappa shape index (κ2) is 43.2. The molecule has 8 nitrogen and oxygen atoms in total. The summed E-state index contributed by atoms with van der Waals surface area (Å²) in [6.07, 6.45) is 50.6. The quantitative estimate of drug-likeness (QED) is 0.0282. The number of likely N-dealkylation sites (N-methyl/N-ethyl adjacent to an activating group) is 1. The van der Waals surface area contributed by atoms with E-state index in [1.54, 1.807) is 0 Å². The van der Waals surface area contributed by atoms with Gasteiger partial charge < -0.3 is 23.8 Å². The first-order valence-electron chi connectivity index (χ1n) is 25.0. The van der Waals surface area contributed by atoms with E-state index in [1.807, 2.05) is 21.1 Å². The fourth-order valence-corrected chi connectivity index (χ4v) is 7.40. The molecule has 0 saturated heterocycles. The first-order valence-corrected chi connectivity index (χ1v) is 25.0. The van der Waals surface area contributed by atoms with Crippen molar-refractivity contribution in [2.45, 2.75) is 238 Å². The molecule has 0 aromatic carbocycles. The van der Waals surface area contributed by atoms with Crippen molar-refractivity contribution < 1.29 is 38.2 Å². The van der Waals surface area contributed by atoms with Crippen LogP contribution in [0.15, 0.2) is 36.5 Å². The molecule has 2 atom stereocenters. The summed E-state index contributed by atoms with van der Waals surface area (Å²) >= 11 is 0. The van der Waals surface area contributed by atoms with Crippen molar-refractivity contribution in [3.05, 3.63) is 36.5 Å². The van der Waals surface area contributed by atoms with Gasteiger partial charge in [0.15, 0.2) is 12.1 Å². The van der Waals surface area contributed by atoms with E-state index in [0.29, 0.717) is 19.3 Å². The third kappa shape index (κ3) is 40.9. The maximum absolute atomic E-state index is 12.7. The summed E-state index contributed by atoms with van der Waals surface area (Å²) < 4.78 is 17.3. The molecule has 8 heteroatoms. The number of allylic oxidation sites excluding steroid dienone is 6. The summed E-state index contributed by atoms with van der Waals surface area (Å²) in [6, 6.07) is -0.622. The second-order valence-corrected chi connectivity index (χ2v) is 18.1. The molecule has 0 aromatic heterocycles. The number of unbranched alkanes of at least 4 members (excludes halogenated alkanes) is 25. The van der Waals surface area contributed by atoms with Crippen LogP contribution in [0.4, 0.5) is 0 Å². The minimum Gasteiger partial charge on any atom is -0.477 e. The molecule has 0 spiro atoms. The van der Waals surface area contributed by atoms with Crippen molar-refractivity contribution in [1.82, 2.24) is 0 Å². The van der Waals surface area contributed by atoms with E-state index in [4.69, 9.17) is 14.2 Å². The molecule has 0 bridgehead atoms. The Labute approximate surface area is 370 Å². The van der Waals surface area contributed by atoms with Gasteiger partial charge in [0.2, 0.25) is 0 Å². The average Bonchev–Trinajstić information content (AvgIpc) is 3.21. The van der Waals surface area contributed by atoms with Gasteiger partial charge in [-0.1, -0.05) is 198 Å². The Morgan fingerprint density at radius 3 is 1.35 bits per heavy atom. The lowest BCUT2D eigenvalue weighted by Gasteiger charge is -2.31. The summed E-state index contributed by atoms with van der Waals surface area (Å²) in [5.74, 6) is -1.52. The zero-order valence-corrected chi connectivity index (χ0v) is 39.9. The summed E-state index contributed by atoms with van der Waals surface area (Å²) in [5, 5.41) is 9.64. The largest absolute Gasteiger partial charge is 0.477 e. The highest BCUT2D eigenvalue weighted by molar-refractivity contribution is 5.72. The van der Waals surface area contributed by atoms with Crippen LogP contribution in [0.1, 0.15) is 226 Å². The predicted octanol–water partition coefficient (Wildman–Crippen LogP) is 14.2. The van der Waals surface area contributed by atoms with Crippen LogP contribution in [0.3, 0.4) is 0 Å². The molecule has 0 aliphatic carbocycles. The number of esters is 2. The van der Waals surface area contributed by atoms with Crippen molar-refractivity contribution in [2.24, 2.45) is 0 Å². The van der Waals surface area contributed by atoms with Crippen molar-refractivity contribution in [3.8, 4) is 0 Å². The molecule has 60 heavy (non-hydrogen) atoms. The van der Waals surface area contributed by atoms with Gasteiger partial charge in [0.05, 0.1) is 34.4 Å². The topological polar surface area (TPSA) is 99.1 Å². The number of carboxylic acids is 1.